The average molecular weight is 297 g/mol. The molecule has 1 saturated carbocycles. The van der Waals surface area contributed by atoms with Crippen molar-refractivity contribution in [2.24, 2.45) is 5.92 Å². The summed E-state index contributed by atoms with van der Waals surface area (Å²) in [5.74, 6) is 1.25. The second kappa shape index (κ2) is 6.54. The van der Waals surface area contributed by atoms with E-state index in [-0.39, 0.29) is 10.9 Å². The van der Waals surface area contributed by atoms with Crippen molar-refractivity contribution in [2.75, 3.05) is 12.4 Å². The molecule has 112 valence electrons. The molecule has 20 heavy (non-hydrogen) atoms. The second-order valence-corrected chi connectivity index (χ2v) is 7.27. The molecule has 0 aromatic carbocycles. The first kappa shape index (κ1) is 15.3. The number of rotatable bonds is 4. The standard InChI is InChI=1S/C14H23N3O2S/c1-11-4-3-5-12(7-6-11)17-20(18,19)13-8-9-16-14(10-13)15-2/h8-12,17H,3-7H2,1-2H3,(H,15,16). The number of anilines is 1. The zero-order valence-electron chi connectivity index (χ0n) is 12.1. The predicted molar refractivity (Wildman–Crippen MR) is 80.1 cm³/mol. The average Bonchev–Trinajstić information content (AvgIpc) is 2.63. The SMILES string of the molecule is CNc1cc(S(=O)(=O)NC2CCCC(C)CC2)ccn1. The van der Waals surface area contributed by atoms with Gasteiger partial charge in [0.25, 0.3) is 0 Å². The number of hydrogen-bond donors (Lipinski definition) is 2. The lowest BCUT2D eigenvalue weighted by Crippen LogP contribution is -2.34. The Morgan fingerprint density at radius 3 is 2.80 bits per heavy atom. The number of aromatic nitrogens is 1. The summed E-state index contributed by atoms with van der Waals surface area (Å²) < 4.78 is 27.6. The Morgan fingerprint density at radius 2 is 2.05 bits per heavy atom. The van der Waals surface area contributed by atoms with Crippen LogP contribution in [-0.4, -0.2) is 26.5 Å². The summed E-state index contributed by atoms with van der Waals surface area (Å²) in [6, 6.07) is 3.14. The molecule has 0 radical (unpaired) electrons. The van der Waals surface area contributed by atoms with Gasteiger partial charge in [-0.25, -0.2) is 18.1 Å². The summed E-state index contributed by atoms with van der Waals surface area (Å²) in [6.07, 6.45) is 6.72. The molecule has 2 N–H and O–H groups in total. The third-order valence-corrected chi connectivity index (χ3v) is 5.40. The molecule has 1 aliphatic carbocycles. The molecule has 1 aromatic rings. The number of pyridine rings is 1. The molecule has 0 bridgehead atoms. The van der Waals surface area contributed by atoms with E-state index in [9.17, 15) is 8.42 Å². The highest BCUT2D eigenvalue weighted by Gasteiger charge is 2.23. The Morgan fingerprint density at radius 1 is 1.25 bits per heavy atom. The molecule has 2 rings (SSSR count). The van der Waals surface area contributed by atoms with Crippen molar-refractivity contribution >= 4 is 15.8 Å². The molecular weight excluding hydrogens is 274 g/mol. The molecule has 2 atom stereocenters. The Labute approximate surface area is 121 Å². The third kappa shape index (κ3) is 3.93. The summed E-state index contributed by atoms with van der Waals surface area (Å²) in [6.45, 7) is 2.24. The highest BCUT2D eigenvalue weighted by molar-refractivity contribution is 7.89. The van der Waals surface area contributed by atoms with Crippen LogP contribution in [0.15, 0.2) is 23.2 Å². The highest BCUT2D eigenvalue weighted by atomic mass is 32.2. The molecule has 0 aliphatic heterocycles. The molecule has 2 unspecified atom stereocenters. The summed E-state index contributed by atoms with van der Waals surface area (Å²) in [5, 5.41) is 2.86. The van der Waals surface area contributed by atoms with E-state index in [1.807, 2.05) is 0 Å². The summed E-state index contributed by atoms with van der Waals surface area (Å²) in [7, 11) is -1.74. The van der Waals surface area contributed by atoms with Gasteiger partial charge < -0.3 is 5.32 Å². The van der Waals surface area contributed by atoms with Crippen molar-refractivity contribution in [1.82, 2.24) is 9.71 Å². The largest absolute Gasteiger partial charge is 0.373 e. The fraction of sp³-hybridized carbons (Fsp3) is 0.643. The number of nitrogens with one attached hydrogen (secondary N) is 2. The first-order valence-electron chi connectivity index (χ1n) is 7.17. The third-order valence-electron chi connectivity index (χ3n) is 3.88. The summed E-state index contributed by atoms with van der Waals surface area (Å²) in [5.41, 5.74) is 0. The first-order chi connectivity index (χ1) is 9.51. The molecular formula is C14H23N3O2S. The second-order valence-electron chi connectivity index (χ2n) is 5.56. The van der Waals surface area contributed by atoms with Crippen molar-refractivity contribution in [3.05, 3.63) is 18.3 Å². The maximum atomic E-state index is 12.4. The van der Waals surface area contributed by atoms with Crippen LogP contribution in [0.5, 0.6) is 0 Å². The minimum atomic E-state index is -3.46. The molecule has 0 spiro atoms. The van der Waals surface area contributed by atoms with Gasteiger partial charge in [-0.15, -0.1) is 0 Å². The predicted octanol–water partition coefficient (Wildman–Crippen LogP) is 2.37. The number of hydrogen-bond acceptors (Lipinski definition) is 4. The Kier molecular flexibility index (Phi) is 4.99. The fourth-order valence-corrected chi connectivity index (χ4v) is 3.92. The van der Waals surface area contributed by atoms with Crippen molar-refractivity contribution in [1.29, 1.82) is 0 Å². The topological polar surface area (TPSA) is 71.1 Å². The number of nitrogens with zero attached hydrogens (tertiary/aromatic N) is 1. The quantitative estimate of drug-likeness (QED) is 0.837. The normalized spacial score (nSPS) is 24.1. The molecule has 6 heteroatoms. The lowest BCUT2D eigenvalue weighted by atomic mass is 10.0. The Hall–Kier alpha value is -1.14. The van der Waals surface area contributed by atoms with Crippen LogP contribution >= 0.6 is 0 Å². The van der Waals surface area contributed by atoms with Gasteiger partial charge in [0, 0.05) is 25.4 Å². The van der Waals surface area contributed by atoms with Gasteiger partial charge in [0.15, 0.2) is 0 Å². The maximum absolute atomic E-state index is 12.4. The Balaban J connectivity index is 2.10. The van der Waals surface area contributed by atoms with Gasteiger partial charge in [-0.1, -0.05) is 19.8 Å². The Bertz CT molecular complexity index is 545. The summed E-state index contributed by atoms with van der Waals surface area (Å²) >= 11 is 0. The van der Waals surface area contributed by atoms with Gasteiger partial charge in [0.05, 0.1) is 4.90 Å². The van der Waals surface area contributed by atoms with E-state index >= 15 is 0 Å². The van der Waals surface area contributed by atoms with Gasteiger partial charge in [-0.2, -0.15) is 0 Å². The van der Waals surface area contributed by atoms with Gasteiger partial charge in [0.2, 0.25) is 10.0 Å². The molecule has 1 aromatic heterocycles. The van der Waals surface area contributed by atoms with E-state index in [2.05, 4.69) is 21.9 Å². The molecule has 5 nitrogen and oxygen atoms in total. The lowest BCUT2D eigenvalue weighted by Gasteiger charge is -2.16. The monoisotopic (exact) mass is 297 g/mol. The molecule has 1 fully saturated rings. The smallest absolute Gasteiger partial charge is 0.241 e. The summed E-state index contributed by atoms with van der Waals surface area (Å²) in [4.78, 5) is 4.31. The molecule has 0 amide bonds. The minimum Gasteiger partial charge on any atom is -0.373 e. The van der Waals surface area contributed by atoms with Crippen molar-refractivity contribution in [3.8, 4) is 0 Å². The zero-order valence-corrected chi connectivity index (χ0v) is 12.9. The number of sulfonamides is 1. The van der Waals surface area contributed by atoms with Crippen LogP contribution in [0.3, 0.4) is 0 Å². The maximum Gasteiger partial charge on any atom is 0.241 e. The first-order valence-corrected chi connectivity index (χ1v) is 8.65. The van der Waals surface area contributed by atoms with Gasteiger partial charge in [0.1, 0.15) is 5.82 Å². The van der Waals surface area contributed by atoms with Gasteiger partial charge in [-0.3, -0.25) is 0 Å². The molecule has 1 aliphatic rings. The molecule has 1 heterocycles. The van der Waals surface area contributed by atoms with Crippen molar-refractivity contribution in [2.45, 2.75) is 50.0 Å². The van der Waals surface area contributed by atoms with Crippen LogP contribution in [0.25, 0.3) is 0 Å². The van der Waals surface area contributed by atoms with Gasteiger partial charge >= 0.3 is 0 Å². The van der Waals surface area contributed by atoms with Gasteiger partial charge in [-0.05, 0) is 31.2 Å². The van der Waals surface area contributed by atoms with E-state index < -0.39 is 10.0 Å². The highest BCUT2D eigenvalue weighted by Crippen LogP contribution is 2.24. The molecule has 0 saturated heterocycles. The zero-order chi connectivity index (χ0) is 14.6. The van der Waals surface area contributed by atoms with Crippen LogP contribution in [0.4, 0.5) is 5.82 Å². The lowest BCUT2D eigenvalue weighted by molar-refractivity contribution is 0.484. The van der Waals surface area contributed by atoms with E-state index in [1.165, 1.54) is 18.7 Å². The van der Waals surface area contributed by atoms with E-state index in [0.717, 1.165) is 25.7 Å². The van der Waals surface area contributed by atoms with Crippen molar-refractivity contribution in [3.63, 3.8) is 0 Å². The van der Waals surface area contributed by atoms with E-state index in [4.69, 9.17) is 0 Å². The van der Waals surface area contributed by atoms with Crippen molar-refractivity contribution < 1.29 is 8.42 Å². The minimum absolute atomic E-state index is 0.0520. The van der Waals surface area contributed by atoms with Crippen LogP contribution < -0.4 is 10.0 Å². The van der Waals surface area contributed by atoms with E-state index in [0.29, 0.717) is 11.7 Å². The van der Waals surface area contributed by atoms with E-state index in [1.54, 1.807) is 13.1 Å². The van der Waals surface area contributed by atoms with Crippen LogP contribution in [-0.2, 0) is 10.0 Å². The van der Waals surface area contributed by atoms with Crippen LogP contribution in [0.1, 0.15) is 39.0 Å². The fourth-order valence-electron chi connectivity index (χ4n) is 2.61. The van der Waals surface area contributed by atoms with Crippen LogP contribution in [0.2, 0.25) is 0 Å². The van der Waals surface area contributed by atoms with Crippen LogP contribution in [0, 0.1) is 5.92 Å².